The Morgan fingerprint density at radius 1 is 1.28 bits per heavy atom. The van der Waals surface area contributed by atoms with Crippen molar-refractivity contribution in [2.45, 2.75) is 51.7 Å². The van der Waals surface area contributed by atoms with Gasteiger partial charge in [0.15, 0.2) is 5.96 Å². The molecule has 162 valence electrons. The van der Waals surface area contributed by atoms with Gasteiger partial charge < -0.3 is 25.0 Å². The van der Waals surface area contributed by atoms with E-state index in [4.69, 9.17) is 4.74 Å². The predicted molar refractivity (Wildman–Crippen MR) is 103 cm³/mol. The highest BCUT2D eigenvalue weighted by Gasteiger charge is 2.32. The lowest BCUT2D eigenvalue weighted by Crippen LogP contribution is -2.44. The minimum atomic E-state index is -4.76. The molecule has 1 heterocycles. The average molecular weight is 416 g/mol. The van der Waals surface area contributed by atoms with E-state index in [0.29, 0.717) is 31.0 Å². The Kier molecular flexibility index (Phi) is 7.21. The zero-order chi connectivity index (χ0) is 21.7. The average Bonchev–Trinajstić information content (AvgIpc) is 3.02. The first-order chi connectivity index (χ1) is 13.5. The summed E-state index contributed by atoms with van der Waals surface area (Å²) in [5.74, 6) is 0.272. The molecule has 29 heavy (non-hydrogen) atoms. The van der Waals surface area contributed by atoms with Crippen LogP contribution in [0.1, 0.15) is 32.8 Å². The van der Waals surface area contributed by atoms with E-state index in [1.165, 1.54) is 12.1 Å². The molecule has 10 heteroatoms. The van der Waals surface area contributed by atoms with Gasteiger partial charge in [-0.3, -0.25) is 4.99 Å². The number of aliphatic imine (C=N–C) groups is 1. The Morgan fingerprint density at radius 3 is 2.59 bits per heavy atom. The summed E-state index contributed by atoms with van der Waals surface area (Å²) in [5.41, 5.74) is -0.222. The third-order valence-electron chi connectivity index (χ3n) is 4.06. The molecule has 1 saturated heterocycles. The molecule has 1 amide bonds. The van der Waals surface area contributed by atoms with E-state index in [-0.39, 0.29) is 18.3 Å². The van der Waals surface area contributed by atoms with Gasteiger partial charge in [-0.2, -0.15) is 0 Å². The normalized spacial score (nSPS) is 17.8. The van der Waals surface area contributed by atoms with Gasteiger partial charge in [0.1, 0.15) is 11.4 Å². The van der Waals surface area contributed by atoms with Crippen molar-refractivity contribution in [1.29, 1.82) is 0 Å². The Labute approximate surface area is 168 Å². The van der Waals surface area contributed by atoms with E-state index in [9.17, 15) is 18.0 Å². The van der Waals surface area contributed by atoms with E-state index < -0.39 is 18.1 Å². The van der Waals surface area contributed by atoms with Crippen LogP contribution in [0.15, 0.2) is 29.3 Å². The van der Waals surface area contributed by atoms with Crippen molar-refractivity contribution >= 4 is 12.1 Å². The van der Waals surface area contributed by atoms with E-state index in [2.05, 4.69) is 20.4 Å². The summed E-state index contributed by atoms with van der Waals surface area (Å²) < 4.78 is 47.0. The minimum absolute atomic E-state index is 0.107. The van der Waals surface area contributed by atoms with Crippen molar-refractivity contribution in [1.82, 2.24) is 15.5 Å². The highest BCUT2D eigenvalue weighted by Crippen LogP contribution is 2.26. The molecular weight excluding hydrogens is 389 g/mol. The first-order valence-electron chi connectivity index (χ1n) is 9.25. The summed E-state index contributed by atoms with van der Waals surface area (Å²) in [4.78, 5) is 18.0. The Bertz CT molecular complexity index is 732. The molecule has 1 atom stereocenters. The van der Waals surface area contributed by atoms with Gasteiger partial charge in [0.05, 0.1) is 6.04 Å². The SMILES string of the molecule is CN=C(NCc1ccccc1OC(F)(F)F)N1CCC(NC(=O)OC(C)(C)C)C1. The van der Waals surface area contributed by atoms with Crippen molar-refractivity contribution in [2.24, 2.45) is 4.99 Å². The zero-order valence-corrected chi connectivity index (χ0v) is 17.0. The lowest BCUT2D eigenvalue weighted by molar-refractivity contribution is -0.274. The summed E-state index contributed by atoms with van der Waals surface area (Å²) in [6.07, 6.45) is -4.54. The number of halogens is 3. The maximum absolute atomic E-state index is 12.6. The van der Waals surface area contributed by atoms with E-state index in [1.54, 1.807) is 40.0 Å². The van der Waals surface area contributed by atoms with Crippen LogP contribution in [-0.4, -0.2) is 55.1 Å². The topological polar surface area (TPSA) is 75.2 Å². The van der Waals surface area contributed by atoms with Gasteiger partial charge in [-0.15, -0.1) is 13.2 Å². The fraction of sp³-hybridized carbons (Fsp3) is 0.579. The molecule has 0 radical (unpaired) electrons. The summed E-state index contributed by atoms with van der Waals surface area (Å²) in [7, 11) is 1.59. The molecule has 1 aliphatic heterocycles. The molecule has 2 rings (SSSR count). The van der Waals surface area contributed by atoms with Crippen LogP contribution in [-0.2, 0) is 11.3 Å². The first kappa shape index (κ1) is 22.6. The molecule has 1 fully saturated rings. The largest absolute Gasteiger partial charge is 0.573 e. The van der Waals surface area contributed by atoms with E-state index in [0.717, 1.165) is 0 Å². The number of nitrogens with zero attached hydrogens (tertiary/aromatic N) is 2. The number of hydrogen-bond donors (Lipinski definition) is 2. The summed E-state index contributed by atoms with van der Waals surface area (Å²) in [5, 5.41) is 5.87. The molecule has 0 bridgehead atoms. The minimum Gasteiger partial charge on any atom is -0.444 e. The molecule has 7 nitrogen and oxygen atoms in total. The van der Waals surface area contributed by atoms with Gasteiger partial charge in [-0.05, 0) is 33.3 Å². The zero-order valence-electron chi connectivity index (χ0n) is 17.0. The number of alkyl carbamates (subject to hydrolysis) is 1. The highest BCUT2D eigenvalue weighted by molar-refractivity contribution is 5.80. The van der Waals surface area contributed by atoms with Crippen LogP contribution in [0, 0.1) is 0 Å². The lowest BCUT2D eigenvalue weighted by atomic mass is 10.2. The molecule has 0 saturated carbocycles. The van der Waals surface area contributed by atoms with Crippen molar-refractivity contribution < 1.29 is 27.4 Å². The van der Waals surface area contributed by atoms with Crippen molar-refractivity contribution in [3.63, 3.8) is 0 Å². The van der Waals surface area contributed by atoms with Crippen LogP contribution in [0.25, 0.3) is 0 Å². The van der Waals surface area contributed by atoms with Crippen molar-refractivity contribution in [2.75, 3.05) is 20.1 Å². The number of likely N-dealkylation sites (tertiary alicyclic amines) is 1. The fourth-order valence-electron chi connectivity index (χ4n) is 2.93. The Morgan fingerprint density at radius 2 is 1.97 bits per heavy atom. The number of guanidine groups is 1. The number of benzene rings is 1. The van der Waals surface area contributed by atoms with E-state index in [1.807, 2.05) is 4.90 Å². The number of hydrogen-bond acceptors (Lipinski definition) is 4. The van der Waals surface area contributed by atoms with Crippen LogP contribution in [0.4, 0.5) is 18.0 Å². The van der Waals surface area contributed by atoms with Crippen LogP contribution >= 0.6 is 0 Å². The molecule has 1 aliphatic rings. The van der Waals surface area contributed by atoms with Gasteiger partial charge in [0.2, 0.25) is 0 Å². The van der Waals surface area contributed by atoms with Crippen LogP contribution < -0.4 is 15.4 Å². The summed E-state index contributed by atoms with van der Waals surface area (Å²) in [6, 6.07) is 5.83. The summed E-state index contributed by atoms with van der Waals surface area (Å²) >= 11 is 0. The lowest BCUT2D eigenvalue weighted by Gasteiger charge is -2.23. The third-order valence-corrected chi connectivity index (χ3v) is 4.06. The molecule has 1 aromatic rings. The standard InChI is InChI=1S/C19H27F3N4O3/c1-18(2,3)29-17(27)25-14-9-10-26(12-14)16(23-4)24-11-13-7-5-6-8-15(13)28-19(20,21)22/h5-8,14H,9-12H2,1-4H3,(H,23,24)(H,25,27). The molecule has 1 aromatic carbocycles. The molecule has 0 spiro atoms. The van der Waals surface area contributed by atoms with Crippen LogP contribution in [0.2, 0.25) is 0 Å². The monoisotopic (exact) mass is 416 g/mol. The van der Waals surface area contributed by atoms with Crippen LogP contribution in [0.5, 0.6) is 5.75 Å². The van der Waals surface area contributed by atoms with Crippen LogP contribution in [0.3, 0.4) is 0 Å². The number of carbonyl (C=O) groups is 1. The smallest absolute Gasteiger partial charge is 0.444 e. The third kappa shape index (κ3) is 7.71. The van der Waals surface area contributed by atoms with Gasteiger partial charge in [-0.1, -0.05) is 18.2 Å². The second-order valence-corrected chi connectivity index (χ2v) is 7.63. The van der Waals surface area contributed by atoms with Gasteiger partial charge in [0, 0.05) is 32.2 Å². The van der Waals surface area contributed by atoms with Gasteiger partial charge in [-0.25, -0.2) is 4.79 Å². The molecule has 0 aliphatic carbocycles. The first-order valence-corrected chi connectivity index (χ1v) is 9.25. The second kappa shape index (κ2) is 9.23. The van der Waals surface area contributed by atoms with Gasteiger partial charge in [0.25, 0.3) is 0 Å². The maximum atomic E-state index is 12.6. The van der Waals surface area contributed by atoms with Crippen molar-refractivity contribution in [3.05, 3.63) is 29.8 Å². The Hall–Kier alpha value is -2.65. The van der Waals surface area contributed by atoms with Crippen molar-refractivity contribution in [3.8, 4) is 5.75 Å². The second-order valence-electron chi connectivity index (χ2n) is 7.63. The predicted octanol–water partition coefficient (Wildman–Crippen LogP) is 3.26. The van der Waals surface area contributed by atoms with E-state index >= 15 is 0 Å². The molecule has 0 aromatic heterocycles. The number of carbonyl (C=O) groups excluding carboxylic acids is 1. The number of rotatable bonds is 4. The fourth-order valence-corrected chi connectivity index (χ4v) is 2.93. The number of alkyl halides is 3. The number of nitrogens with one attached hydrogen (secondary N) is 2. The molecular formula is C19H27F3N4O3. The maximum Gasteiger partial charge on any atom is 0.573 e. The highest BCUT2D eigenvalue weighted by atomic mass is 19.4. The number of amides is 1. The Balaban J connectivity index is 1.91. The van der Waals surface area contributed by atoms with Gasteiger partial charge >= 0.3 is 12.5 Å². The molecule has 2 N–H and O–H groups in total. The number of para-hydroxylation sites is 1. The quantitative estimate of drug-likeness (QED) is 0.582. The number of ether oxygens (including phenoxy) is 2. The summed E-state index contributed by atoms with van der Waals surface area (Å²) in [6.45, 7) is 6.64. The molecule has 1 unspecified atom stereocenters.